The number of carbonyl (C=O) groups excluding carboxylic acids is 4. The lowest BCUT2D eigenvalue weighted by Gasteiger charge is -2.50. The molecule has 206 valence electrons. The molecule has 2 aromatic rings. The second-order valence-corrected chi connectivity index (χ2v) is 12.0. The number of benzene rings is 2. The molecule has 0 bridgehead atoms. The maximum Gasteiger partial charge on any atom is 0.269 e. The minimum absolute atomic E-state index is 0.105. The number of carbonyl (C=O) groups is 4. The Kier molecular flexibility index (Phi) is 5.70. The maximum absolute atomic E-state index is 13.9. The Morgan fingerprint density at radius 2 is 1.68 bits per heavy atom. The number of phenolic OH excluding ortho intramolecular Hbond substituents is 1. The first-order chi connectivity index (χ1) is 18.8. The number of nitrogens with zero attached hydrogens (tertiary/aromatic N) is 3. The van der Waals surface area contributed by atoms with Crippen molar-refractivity contribution in [3.8, 4) is 5.75 Å². The van der Waals surface area contributed by atoms with Gasteiger partial charge in [0.1, 0.15) is 5.75 Å². The van der Waals surface area contributed by atoms with Crippen molar-refractivity contribution < 1.29 is 29.2 Å². The molecule has 1 saturated carbocycles. The van der Waals surface area contributed by atoms with E-state index in [9.17, 15) is 34.4 Å². The number of amides is 4. The Hall–Kier alpha value is -3.76. The van der Waals surface area contributed by atoms with E-state index in [4.69, 9.17) is 23.2 Å². The van der Waals surface area contributed by atoms with Gasteiger partial charge in [-0.25, -0.2) is 0 Å². The third-order valence-electron chi connectivity index (χ3n) is 8.91. The summed E-state index contributed by atoms with van der Waals surface area (Å²) in [4.78, 5) is 63.0. The molecule has 3 fully saturated rings. The Morgan fingerprint density at radius 3 is 2.33 bits per heavy atom. The number of allylic oxidation sites excluding steroid dienone is 2. The summed E-state index contributed by atoms with van der Waals surface area (Å²) in [5.74, 6) is -5.99. The number of alkyl halides is 2. The number of non-ortho nitro benzene ring substituents is 1. The number of imide groups is 2. The molecule has 2 aliphatic heterocycles. The first-order valence-corrected chi connectivity index (χ1v) is 13.4. The van der Waals surface area contributed by atoms with Crippen molar-refractivity contribution in [1.29, 1.82) is 0 Å². The predicted octanol–water partition coefficient (Wildman–Crippen LogP) is 3.80. The van der Waals surface area contributed by atoms with Crippen LogP contribution < -0.4 is 4.90 Å². The lowest BCUT2D eigenvalue weighted by Crippen LogP contribution is -2.60. The van der Waals surface area contributed by atoms with E-state index >= 15 is 0 Å². The molecule has 0 spiro atoms. The number of aromatic hydroxyl groups is 1. The van der Waals surface area contributed by atoms with Crippen LogP contribution in [0.3, 0.4) is 0 Å². The first-order valence-electron chi connectivity index (χ1n) is 12.7. The van der Waals surface area contributed by atoms with Crippen LogP contribution in [0.5, 0.6) is 5.75 Å². The number of phenols is 1. The zero-order valence-corrected chi connectivity index (χ0v) is 22.8. The summed E-state index contributed by atoms with van der Waals surface area (Å²) in [7, 11) is 1.30. The van der Waals surface area contributed by atoms with Gasteiger partial charge in [-0.15, -0.1) is 23.2 Å². The van der Waals surface area contributed by atoms with Crippen LogP contribution >= 0.6 is 23.2 Å². The molecule has 1 N–H and O–H groups in total. The number of hydrogen-bond acceptors (Lipinski definition) is 7. The molecule has 2 heterocycles. The summed E-state index contributed by atoms with van der Waals surface area (Å²) >= 11 is 14.2. The third kappa shape index (κ3) is 3.17. The molecular weight excluding hydrogens is 561 g/mol. The van der Waals surface area contributed by atoms with Gasteiger partial charge in [-0.1, -0.05) is 29.8 Å². The second kappa shape index (κ2) is 8.62. The number of fused-ring (bicyclic) bond motifs is 4. The van der Waals surface area contributed by atoms with E-state index in [0.717, 1.165) is 9.80 Å². The van der Waals surface area contributed by atoms with E-state index in [1.54, 1.807) is 31.2 Å². The summed E-state index contributed by atoms with van der Waals surface area (Å²) in [5.41, 5.74) is 1.40. The number of likely N-dealkylation sites (tertiary alicyclic amines) is 1. The van der Waals surface area contributed by atoms with E-state index in [-0.39, 0.29) is 30.0 Å². The van der Waals surface area contributed by atoms with Crippen molar-refractivity contribution in [3.05, 3.63) is 75.4 Å². The Morgan fingerprint density at radius 1 is 1.00 bits per heavy atom. The molecule has 0 aromatic heterocycles. The number of hydrogen-bond donors (Lipinski definition) is 1. The molecule has 2 saturated heterocycles. The highest BCUT2D eigenvalue weighted by atomic mass is 35.5. The van der Waals surface area contributed by atoms with Gasteiger partial charge in [-0.05, 0) is 43.4 Å². The minimum Gasteiger partial charge on any atom is -0.507 e. The number of anilines is 1. The van der Waals surface area contributed by atoms with Crippen LogP contribution in [0.15, 0.2) is 54.1 Å². The van der Waals surface area contributed by atoms with Gasteiger partial charge in [0.15, 0.2) is 9.75 Å². The number of nitro groups is 1. The molecule has 2 aliphatic carbocycles. The zero-order chi connectivity index (χ0) is 28.9. The summed E-state index contributed by atoms with van der Waals surface area (Å²) in [6, 6.07) is 10.1. The highest BCUT2D eigenvalue weighted by Gasteiger charge is 2.76. The van der Waals surface area contributed by atoms with Gasteiger partial charge >= 0.3 is 0 Å². The van der Waals surface area contributed by atoms with Crippen molar-refractivity contribution >= 4 is 58.2 Å². The molecule has 4 aliphatic rings. The SMILES string of the molecule is Cc1cccc(C2C3=CCC4C(=O)N(c5ccc([N+](=O)[O-])cc5)C(=O)C4C3CC3(Cl)C(=O)N(C)C(=O)C23Cl)c1O. The fourth-order valence-electron chi connectivity index (χ4n) is 6.98. The van der Waals surface area contributed by atoms with Crippen LogP contribution in [0.25, 0.3) is 0 Å². The number of rotatable bonds is 3. The maximum atomic E-state index is 13.9. The van der Waals surface area contributed by atoms with Crippen molar-refractivity contribution in [2.45, 2.75) is 35.4 Å². The first kappa shape index (κ1) is 26.5. The Balaban J connectivity index is 1.50. The molecule has 10 nitrogen and oxygen atoms in total. The molecule has 0 radical (unpaired) electrons. The number of nitro benzene ring substituents is 1. The molecule has 12 heteroatoms. The highest BCUT2D eigenvalue weighted by molar-refractivity contribution is 6.53. The molecule has 6 rings (SSSR count). The van der Waals surface area contributed by atoms with Crippen molar-refractivity contribution in [2.24, 2.45) is 17.8 Å². The van der Waals surface area contributed by atoms with Crippen LogP contribution in [0.4, 0.5) is 11.4 Å². The lowest BCUT2D eigenvalue weighted by molar-refractivity contribution is -0.384. The predicted molar refractivity (Wildman–Crippen MR) is 144 cm³/mol. The van der Waals surface area contributed by atoms with Gasteiger partial charge in [-0.2, -0.15) is 0 Å². The van der Waals surface area contributed by atoms with Crippen LogP contribution in [0.2, 0.25) is 0 Å². The van der Waals surface area contributed by atoms with Crippen LogP contribution in [-0.4, -0.2) is 55.4 Å². The van der Waals surface area contributed by atoms with Gasteiger partial charge < -0.3 is 5.11 Å². The van der Waals surface area contributed by atoms with Crippen molar-refractivity contribution in [2.75, 3.05) is 11.9 Å². The largest absolute Gasteiger partial charge is 0.507 e. The van der Waals surface area contributed by atoms with Gasteiger partial charge in [0, 0.05) is 30.7 Å². The fourth-order valence-corrected chi connectivity index (χ4v) is 7.99. The topological polar surface area (TPSA) is 138 Å². The van der Waals surface area contributed by atoms with E-state index in [1.165, 1.54) is 31.3 Å². The summed E-state index contributed by atoms with van der Waals surface area (Å²) in [5, 5.41) is 22.2. The van der Waals surface area contributed by atoms with Crippen LogP contribution in [0.1, 0.15) is 29.9 Å². The monoisotopic (exact) mass is 583 g/mol. The van der Waals surface area contributed by atoms with E-state index < -0.39 is 62.0 Å². The van der Waals surface area contributed by atoms with E-state index in [1.807, 2.05) is 0 Å². The van der Waals surface area contributed by atoms with Gasteiger partial charge in [0.2, 0.25) is 11.8 Å². The summed E-state index contributed by atoms with van der Waals surface area (Å²) in [6.07, 6.45) is 1.77. The lowest BCUT2D eigenvalue weighted by atomic mass is 9.56. The molecule has 6 atom stereocenters. The standard InChI is InChI=1S/C28H23Cl2N3O7/c1-13-4-3-5-18(22(13)34)21-16-10-11-17-20(19(16)12-27(29)25(37)31(2)26(38)28(21,27)30)24(36)32(23(17)35)14-6-8-15(9-7-14)33(39)40/h3-10,17,19-21,34H,11-12H2,1-2H3. The molecule has 40 heavy (non-hydrogen) atoms. The van der Waals surface area contributed by atoms with Gasteiger partial charge in [-0.3, -0.25) is 39.1 Å². The van der Waals surface area contributed by atoms with Crippen LogP contribution in [-0.2, 0) is 19.2 Å². The molecule has 6 unspecified atom stereocenters. The zero-order valence-electron chi connectivity index (χ0n) is 21.3. The normalized spacial score (nSPS) is 33.0. The molecular formula is C28H23Cl2N3O7. The Labute approximate surface area is 238 Å². The quantitative estimate of drug-likeness (QED) is 0.190. The minimum atomic E-state index is -1.98. The number of para-hydroxylation sites is 1. The smallest absolute Gasteiger partial charge is 0.269 e. The second-order valence-electron chi connectivity index (χ2n) is 10.8. The van der Waals surface area contributed by atoms with Crippen molar-refractivity contribution in [3.63, 3.8) is 0 Å². The summed E-state index contributed by atoms with van der Waals surface area (Å²) < 4.78 is 0. The number of halogens is 2. The fraction of sp³-hybridized carbons (Fsp3) is 0.357. The third-order valence-corrected chi connectivity index (χ3v) is 10.3. The van der Waals surface area contributed by atoms with Crippen molar-refractivity contribution in [1.82, 2.24) is 4.90 Å². The van der Waals surface area contributed by atoms with Gasteiger partial charge in [0.25, 0.3) is 17.5 Å². The van der Waals surface area contributed by atoms with Gasteiger partial charge in [0.05, 0.1) is 22.4 Å². The molecule has 4 amide bonds. The number of aryl methyl sites for hydroxylation is 1. The average Bonchev–Trinajstić information content (AvgIpc) is 3.25. The Bertz CT molecular complexity index is 1570. The average molecular weight is 584 g/mol. The highest BCUT2D eigenvalue weighted by Crippen LogP contribution is 2.66. The van der Waals surface area contributed by atoms with E-state index in [2.05, 4.69) is 0 Å². The molecule has 2 aromatic carbocycles. The van der Waals surface area contributed by atoms with E-state index in [0.29, 0.717) is 16.7 Å². The summed E-state index contributed by atoms with van der Waals surface area (Å²) in [6.45, 7) is 1.69. The van der Waals surface area contributed by atoms with Crippen LogP contribution in [0, 0.1) is 34.8 Å².